The number of hydrogen-bond acceptors (Lipinski definition) is 4. The highest BCUT2D eigenvalue weighted by molar-refractivity contribution is 14.0. The number of halogens is 1. The van der Waals surface area contributed by atoms with E-state index in [1.165, 1.54) is 19.3 Å². The van der Waals surface area contributed by atoms with E-state index >= 15 is 0 Å². The van der Waals surface area contributed by atoms with E-state index in [4.69, 9.17) is 9.47 Å². The van der Waals surface area contributed by atoms with Crippen LogP contribution in [0.5, 0.6) is 0 Å². The quantitative estimate of drug-likeness (QED) is 0.185. The van der Waals surface area contributed by atoms with Gasteiger partial charge in [0.1, 0.15) is 0 Å². The first kappa shape index (κ1) is 24.4. The maximum Gasteiger partial charge on any atom is 0.223 e. The number of nitrogens with one attached hydrogen (secondary N) is 3. The SMILES string of the molecule is CN=C(NCCCOCCOC)NCCNC(=O)C1CCCCC1.I. The minimum Gasteiger partial charge on any atom is -0.382 e. The summed E-state index contributed by atoms with van der Waals surface area (Å²) in [6, 6.07) is 0. The van der Waals surface area contributed by atoms with Gasteiger partial charge in [-0.1, -0.05) is 19.3 Å². The average Bonchev–Trinajstić information content (AvgIpc) is 2.63. The summed E-state index contributed by atoms with van der Waals surface area (Å²) in [6.45, 7) is 4.04. The molecule has 1 rings (SSSR count). The van der Waals surface area contributed by atoms with Crippen LogP contribution in [0.1, 0.15) is 38.5 Å². The Kier molecular flexibility index (Phi) is 16.4. The number of carbonyl (C=O) groups is 1. The minimum atomic E-state index is 0. The molecule has 1 amide bonds. The van der Waals surface area contributed by atoms with E-state index in [1.807, 2.05) is 0 Å². The summed E-state index contributed by atoms with van der Waals surface area (Å²) < 4.78 is 10.3. The lowest BCUT2D eigenvalue weighted by molar-refractivity contribution is -0.125. The third-order valence-electron chi connectivity index (χ3n) is 4.11. The number of hydrogen-bond donors (Lipinski definition) is 3. The molecule has 0 unspecified atom stereocenters. The molecule has 0 heterocycles. The summed E-state index contributed by atoms with van der Waals surface area (Å²) in [7, 11) is 3.41. The second-order valence-corrected chi connectivity index (χ2v) is 6.01. The summed E-state index contributed by atoms with van der Waals surface area (Å²) in [5.41, 5.74) is 0. The smallest absolute Gasteiger partial charge is 0.223 e. The second kappa shape index (κ2) is 16.8. The van der Waals surface area contributed by atoms with E-state index in [9.17, 15) is 4.79 Å². The Labute approximate surface area is 169 Å². The Morgan fingerprint density at radius 1 is 1.00 bits per heavy atom. The van der Waals surface area contributed by atoms with Crippen molar-refractivity contribution >= 4 is 35.8 Å². The fourth-order valence-electron chi connectivity index (χ4n) is 2.72. The predicted octanol–water partition coefficient (Wildman–Crippen LogP) is 1.52. The van der Waals surface area contributed by atoms with Gasteiger partial charge in [-0.05, 0) is 19.3 Å². The number of ether oxygens (including phenoxy) is 2. The average molecular weight is 470 g/mol. The molecule has 0 spiro atoms. The van der Waals surface area contributed by atoms with Crippen molar-refractivity contribution in [3.05, 3.63) is 0 Å². The van der Waals surface area contributed by atoms with Gasteiger partial charge in [0.15, 0.2) is 5.96 Å². The molecule has 25 heavy (non-hydrogen) atoms. The van der Waals surface area contributed by atoms with Crippen molar-refractivity contribution in [3.63, 3.8) is 0 Å². The maximum absolute atomic E-state index is 12.0. The van der Waals surface area contributed by atoms with Crippen LogP contribution >= 0.6 is 24.0 Å². The summed E-state index contributed by atoms with van der Waals surface area (Å²) in [5.74, 6) is 1.17. The molecule has 3 N–H and O–H groups in total. The Morgan fingerprint density at radius 3 is 2.36 bits per heavy atom. The molecule has 0 radical (unpaired) electrons. The number of guanidine groups is 1. The van der Waals surface area contributed by atoms with Gasteiger partial charge in [-0.25, -0.2) is 0 Å². The van der Waals surface area contributed by atoms with Gasteiger partial charge in [-0.15, -0.1) is 24.0 Å². The summed E-state index contributed by atoms with van der Waals surface area (Å²) in [6.07, 6.45) is 6.61. The van der Waals surface area contributed by atoms with Gasteiger partial charge >= 0.3 is 0 Å². The van der Waals surface area contributed by atoms with E-state index in [2.05, 4.69) is 20.9 Å². The molecule has 7 nitrogen and oxygen atoms in total. The zero-order valence-corrected chi connectivity index (χ0v) is 18.0. The van der Waals surface area contributed by atoms with E-state index in [0.29, 0.717) is 32.9 Å². The van der Waals surface area contributed by atoms with Gasteiger partial charge in [-0.2, -0.15) is 0 Å². The van der Waals surface area contributed by atoms with Gasteiger partial charge in [0, 0.05) is 46.3 Å². The Morgan fingerprint density at radius 2 is 1.68 bits per heavy atom. The maximum atomic E-state index is 12.0. The number of rotatable bonds is 11. The fourth-order valence-corrected chi connectivity index (χ4v) is 2.72. The summed E-state index contributed by atoms with van der Waals surface area (Å²) in [4.78, 5) is 16.2. The molecule has 0 aromatic carbocycles. The van der Waals surface area contributed by atoms with Crippen molar-refractivity contribution < 1.29 is 14.3 Å². The van der Waals surface area contributed by atoms with Crippen LogP contribution in [0.4, 0.5) is 0 Å². The van der Waals surface area contributed by atoms with Gasteiger partial charge in [0.2, 0.25) is 5.91 Å². The van der Waals surface area contributed by atoms with Gasteiger partial charge in [0.25, 0.3) is 0 Å². The van der Waals surface area contributed by atoms with Crippen molar-refractivity contribution in [2.75, 3.05) is 53.6 Å². The molecule has 0 bridgehead atoms. The van der Waals surface area contributed by atoms with E-state index < -0.39 is 0 Å². The molecular formula is C17H35IN4O3. The van der Waals surface area contributed by atoms with E-state index in [-0.39, 0.29) is 35.8 Å². The Hall–Kier alpha value is -0.610. The first-order chi connectivity index (χ1) is 11.8. The van der Waals surface area contributed by atoms with Gasteiger partial charge < -0.3 is 25.4 Å². The predicted molar refractivity (Wildman–Crippen MR) is 112 cm³/mol. The first-order valence-corrected chi connectivity index (χ1v) is 9.07. The minimum absolute atomic E-state index is 0. The Bertz CT molecular complexity index is 364. The van der Waals surface area contributed by atoms with E-state index in [0.717, 1.165) is 31.8 Å². The van der Waals surface area contributed by atoms with Crippen molar-refractivity contribution in [1.29, 1.82) is 0 Å². The number of nitrogens with zero attached hydrogens (tertiary/aromatic N) is 1. The van der Waals surface area contributed by atoms with Crippen molar-refractivity contribution in [1.82, 2.24) is 16.0 Å². The van der Waals surface area contributed by atoms with Crippen LogP contribution in [0, 0.1) is 5.92 Å². The standard InChI is InChI=1S/C17H34N4O3.HI/c1-18-17(20-9-6-12-24-14-13-23-2)21-11-10-19-16(22)15-7-4-3-5-8-15;/h15H,3-14H2,1-2H3,(H,19,22)(H2,18,20,21);1H. The third kappa shape index (κ3) is 12.4. The van der Waals surface area contributed by atoms with Crippen LogP contribution in [0.25, 0.3) is 0 Å². The van der Waals surface area contributed by atoms with Crippen molar-refractivity contribution in [2.24, 2.45) is 10.9 Å². The zero-order valence-electron chi connectivity index (χ0n) is 15.6. The molecule has 0 atom stereocenters. The molecule has 0 aromatic rings. The van der Waals surface area contributed by atoms with E-state index in [1.54, 1.807) is 14.2 Å². The molecule has 8 heteroatoms. The summed E-state index contributed by atoms with van der Waals surface area (Å²) in [5, 5.41) is 9.44. The lowest BCUT2D eigenvalue weighted by atomic mass is 9.89. The number of carbonyl (C=O) groups excluding carboxylic acids is 1. The highest BCUT2D eigenvalue weighted by Crippen LogP contribution is 2.23. The Balaban J connectivity index is 0.00000576. The van der Waals surface area contributed by atoms with Crippen molar-refractivity contribution in [3.8, 4) is 0 Å². The third-order valence-corrected chi connectivity index (χ3v) is 4.11. The first-order valence-electron chi connectivity index (χ1n) is 9.07. The monoisotopic (exact) mass is 470 g/mol. The van der Waals surface area contributed by atoms with Gasteiger partial charge in [-0.3, -0.25) is 9.79 Å². The molecule has 1 aliphatic rings. The molecule has 148 valence electrons. The van der Waals surface area contributed by atoms with Crippen molar-refractivity contribution in [2.45, 2.75) is 38.5 Å². The molecular weight excluding hydrogens is 435 g/mol. The lowest BCUT2D eigenvalue weighted by Gasteiger charge is -2.21. The summed E-state index contributed by atoms with van der Waals surface area (Å²) >= 11 is 0. The largest absolute Gasteiger partial charge is 0.382 e. The number of methoxy groups -OCH3 is 1. The molecule has 0 saturated heterocycles. The van der Waals surface area contributed by atoms with Crippen LogP contribution in [-0.4, -0.2) is 65.5 Å². The van der Waals surface area contributed by atoms with Crippen LogP contribution < -0.4 is 16.0 Å². The lowest BCUT2D eigenvalue weighted by Crippen LogP contribution is -2.43. The highest BCUT2D eigenvalue weighted by atomic mass is 127. The zero-order chi connectivity index (χ0) is 17.5. The normalized spacial score (nSPS) is 15.4. The molecule has 1 fully saturated rings. The van der Waals surface area contributed by atoms with Crippen LogP contribution in [0.15, 0.2) is 4.99 Å². The van der Waals surface area contributed by atoms with Crippen LogP contribution in [0.3, 0.4) is 0 Å². The molecule has 0 aromatic heterocycles. The highest BCUT2D eigenvalue weighted by Gasteiger charge is 2.20. The number of aliphatic imine (C=N–C) groups is 1. The molecule has 1 aliphatic carbocycles. The van der Waals surface area contributed by atoms with Crippen LogP contribution in [-0.2, 0) is 14.3 Å². The van der Waals surface area contributed by atoms with Gasteiger partial charge in [0.05, 0.1) is 13.2 Å². The van der Waals surface area contributed by atoms with Crippen LogP contribution in [0.2, 0.25) is 0 Å². The topological polar surface area (TPSA) is 84.0 Å². The molecule has 0 aliphatic heterocycles. The molecule has 1 saturated carbocycles. The number of amides is 1. The fraction of sp³-hybridized carbons (Fsp3) is 0.882. The second-order valence-electron chi connectivity index (χ2n) is 6.01.